The van der Waals surface area contributed by atoms with E-state index in [9.17, 15) is 13.5 Å². The van der Waals surface area contributed by atoms with Crippen molar-refractivity contribution in [2.45, 2.75) is 5.75 Å². The van der Waals surface area contributed by atoms with E-state index >= 15 is 0 Å². The number of para-hydroxylation sites is 1. The Morgan fingerprint density at radius 2 is 1.70 bits per heavy atom. The van der Waals surface area contributed by atoms with Crippen molar-refractivity contribution in [3.8, 4) is 5.75 Å². The third-order valence-corrected chi connectivity index (χ3v) is 4.74. The summed E-state index contributed by atoms with van der Waals surface area (Å²) in [7, 11) is -2.06. The second-order valence-electron chi connectivity index (χ2n) is 4.44. The molecule has 0 heterocycles. The molecule has 6 heteroatoms. The van der Waals surface area contributed by atoms with E-state index in [4.69, 9.17) is 5.73 Å². The van der Waals surface area contributed by atoms with Gasteiger partial charge in [-0.2, -0.15) is 0 Å². The van der Waals surface area contributed by atoms with Gasteiger partial charge >= 0.3 is 0 Å². The molecule has 5 nitrogen and oxygen atoms in total. The molecule has 0 saturated carbocycles. The molecule has 0 aliphatic rings. The summed E-state index contributed by atoms with van der Waals surface area (Å²) in [5.74, 6) is -0.0799. The zero-order valence-electron chi connectivity index (χ0n) is 11.0. The van der Waals surface area contributed by atoms with Gasteiger partial charge in [0.1, 0.15) is 5.75 Å². The Balaban J connectivity index is 2.26. The zero-order valence-corrected chi connectivity index (χ0v) is 11.8. The number of nitrogens with zero attached hydrogens (tertiary/aromatic N) is 1. The SMILES string of the molecule is CN(c1ccc(O)cc1)S(=O)(=O)Cc1ccccc1N. The Morgan fingerprint density at radius 1 is 1.10 bits per heavy atom. The zero-order chi connectivity index (χ0) is 14.8. The lowest BCUT2D eigenvalue weighted by Crippen LogP contribution is -2.28. The van der Waals surface area contributed by atoms with Gasteiger partial charge in [0.15, 0.2) is 0 Å². The van der Waals surface area contributed by atoms with E-state index in [1.165, 1.54) is 23.5 Å². The summed E-state index contributed by atoms with van der Waals surface area (Å²) < 4.78 is 25.9. The van der Waals surface area contributed by atoms with Crippen LogP contribution in [0.15, 0.2) is 48.5 Å². The van der Waals surface area contributed by atoms with E-state index in [2.05, 4.69) is 0 Å². The quantitative estimate of drug-likeness (QED) is 0.844. The highest BCUT2D eigenvalue weighted by Crippen LogP contribution is 2.23. The maximum Gasteiger partial charge on any atom is 0.239 e. The van der Waals surface area contributed by atoms with Gasteiger partial charge in [0.25, 0.3) is 0 Å². The predicted octanol–water partition coefficient (Wildman–Crippen LogP) is 1.94. The van der Waals surface area contributed by atoms with E-state index in [1.807, 2.05) is 0 Å². The largest absolute Gasteiger partial charge is 0.508 e. The molecule has 2 aromatic carbocycles. The number of hydrogen-bond acceptors (Lipinski definition) is 4. The highest BCUT2D eigenvalue weighted by atomic mass is 32.2. The lowest BCUT2D eigenvalue weighted by atomic mass is 10.2. The lowest BCUT2D eigenvalue weighted by molar-refractivity contribution is 0.475. The first-order valence-corrected chi connectivity index (χ1v) is 7.60. The fraction of sp³-hybridized carbons (Fsp3) is 0.143. The lowest BCUT2D eigenvalue weighted by Gasteiger charge is -2.20. The summed E-state index contributed by atoms with van der Waals surface area (Å²) in [6.07, 6.45) is 0. The molecule has 2 rings (SSSR count). The van der Waals surface area contributed by atoms with Gasteiger partial charge < -0.3 is 10.8 Å². The van der Waals surface area contributed by atoms with Crippen LogP contribution < -0.4 is 10.0 Å². The van der Waals surface area contributed by atoms with Gasteiger partial charge in [-0.1, -0.05) is 18.2 Å². The number of nitrogen functional groups attached to an aromatic ring is 1. The van der Waals surface area contributed by atoms with Crippen LogP contribution in [-0.2, 0) is 15.8 Å². The average molecular weight is 292 g/mol. The molecule has 3 N–H and O–H groups in total. The number of anilines is 2. The highest BCUT2D eigenvalue weighted by Gasteiger charge is 2.20. The van der Waals surface area contributed by atoms with Gasteiger partial charge in [-0.25, -0.2) is 8.42 Å². The van der Waals surface area contributed by atoms with Crippen LogP contribution in [0.1, 0.15) is 5.56 Å². The van der Waals surface area contributed by atoms with Crippen LogP contribution in [0.2, 0.25) is 0 Å². The summed E-state index contributed by atoms with van der Waals surface area (Å²) in [6, 6.07) is 12.8. The summed E-state index contributed by atoms with van der Waals surface area (Å²) in [6.45, 7) is 0. The van der Waals surface area contributed by atoms with Crippen molar-refractivity contribution in [1.82, 2.24) is 0 Å². The fourth-order valence-electron chi connectivity index (χ4n) is 1.78. The molecule has 0 unspecified atom stereocenters. The molecule has 0 radical (unpaired) electrons. The van der Waals surface area contributed by atoms with Crippen LogP contribution >= 0.6 is 0 Å². The third kappa shape index (κ3) is 3.03. The molecular weight excluding hydrogens is 276 g/mol. The maximum absolute atomic E-state index is 12.3. The smallest absolute Gasteiger partial charge is 0.239 e. The summed E-state index contributed by atoms with van der Waals surface area (Å²) in [5.41, 5.74) is 7.28. The number of sulfonamides is 1. The number of rotatable bonds is 4. The molecule has 0 aliphatic heterocycles. The first-order chi connectivity index (χ1) is 9.40. The molecule has 106 valence electrons. The minimum atomic E-state index is -3.53. The van der Waals surface area contributed by atoms with Gasteiger partial charge in [0.05, 0.1) is 11.4 Å². The maximum atomic E-state index is 12.3. The van der Waals surface area contributed by atoms with Gasteiger partial charge in [0.2, 0.25) is 10.0 Å². The van der Waals surface area contributed by atoms with Gasteiger partial charge in [-0.3, -0.25) is 4.31 Å². The summed E-state index contributed by atoms with van der Waals surface area (Å²) in [4.78, 5) is 0. The van der Waals surface area contributed by atoms with Crippen molar-refractivity contribution in [3.05, 3.63) is 54.1 Å². The second kappa shape index (κ2) is 5.42. The Kier molecular flexibility index (Phi) is 3.85. The minimum absolute atomic E-state index is 0.0897. The summed E-state index contributed by atoms with van der Waals surface area (Å²) >= 11 is 0. The molecule has 2 aromatic rings. The van der Waals surface area contributed by atoms with Crippen LogP contribution in [0.25, 0.3) is 0 Å². The minimum Gasteiger partial charge on any atom is -0.508 e. The van der Waals surface area contributed by atoms with Gasteiger partial charge in [0, 0.05) is 12.7 Å². The van der Waals surface area contributed by atoms with Crippen LogP contribution in [0.5, 0.6) is 5.75 Å². The molecule has 0 atom stereocenters. The average Bonchev–Trinajstić information content (AvgIpc) is 2.41. The van der Waals surface area contributed by atoms with Crippen LogP contribution in [0.3, 0.4) is 0 Å². The van der Waals surface area contributed by atoms with E-state index in [1.54, 1.807) is 36.4 Å². The topological polar surface area (TPSA) is 83.6 Å². The Morgan fingerprint density at radius 3 is 2.30 bits per heavy atom. The number of phenols is 1. The van der Waals surface area contributed by atoms with E-state index < -0.39 is 10.0 Å². The molecule has 0 spiro atoms. The van der Waals surface area contributed by atoms with E-state index in [0.29, 0.717) is 16.9 Å². The Bertz CT molecular complexity index is 697. The molecular formula is C14H16N2O3S. The standard InChI is InChI=1S/C14H16N2O3S/c1-16(12-6-8-13(17)9-7-12)20(18,19)10-11-4-2-3-5-14(11)15/h2-9,17H,10,15H2,1H3. The van der Waals surface area contributed by atoms with Crippen molar-refractivity contribution in [3.63, 3.8) is 0 Å². The normalized spacial score (nSPS) is 11.2. The second-order valence-corrected chi connectivity index (χ2v) is 6.44. The molecule has 0 aliphatic carbocycles. The Hall–Kier alpha value is -2.21. The number of nitrogens with two attached hydrogens (primary N) is 1. The Labute approximate surface area is 118 Å². The third-order valence-electron chi connectivity index (χ3n) is 3.02. The summed E-state index contributed by atoms with van der Waals surface area (Å²) in [5, 5.41) is 9.23. The van der Waals surface area contributed by atoms with Crippen molar-refractivity contribution in [1.29, 1.82) is 0 Å². The van der Waals surface area contributed by atoms with Crippen LogP contribution in [0, 0.1) is 0 Å². The monoisotopic (exact) mass is 292 g/mol. The van der Waals surface area contributed by atoms with E-state index in [0.717, 1.165) is 0 Å². The molecule has 0 fully saturated rings. The van der Waals surface area contributed by atoms with Crippen molar-refractivity contribution in [2.75, 3.05) is 17.1 Å². The molecule has 0 saturated heterocycles. The predicted molar refractivity (Wildman–Crippen MR) is 80.0 cm³/mol. The van der Waals surface area contributed by atoms with Crippen molar-refractivity contribution < 1.29 is 13.5 Å². The van der Waals surface area contributed by atoms with Gasteiger partial charge in [-0.05, 0) is 35.9 Å². The van der Waals surface area contributed by atoms with Gasteiger partial charge in [-0.15, -0.1) is 0 Å². The molecule has 0 aromatic heterocycles. The van der Waals surface area contributed by atoms with Crippen LogP contribution in [0.4, 0.5) is 11.4 Å². The molecule has 0 amide bonds. The molecule has 20 heavy (non-hydrogen) atoms. The number of benzene rings is 2. The van der Waals surface area contributed by atoms with Crippen molar-refractivity contribution in [2.24, 2.45) is 0 Å². The number of phenolic OH excluding ortho intramolecular Hbond substituents is 1. The first kappa shape index (κ1) is 14.2. The number of aromatic hydroxyl groups is 1. The first-order valence-electron chi connectivity index (χ1n) is 5.99. The molecule has 0 bridgehead atoms. The van der Waals surface area contributed by atoms with E-state index in [-0.39, 0.29) is 11.5 Å². The van der Waals surface area contributed by atoms with Crippen LogP contribution in [-0.4, -0.2) is 20.6 Å². The highest BCUT2D eigenvalue weighted by molar-refractivity contribution is 7.92. The number of hydrogen-bond donors (Lipinski definition) is 2. The van der Waals surface area contributed by atoms with Crippen molar-refractivity contribution >= 4 is 21.4 Å². The fourth-order valence-corrected chi connectivity index (χ4v) is 3.07.